The van der Waals surface area contributed by atoms with E-state index in [1.165, 1.54) is 22.8 Å². The van der Waals surface area contributed by atoms with Crippen LogP contribution >= 0.6 is 11.6 Å². The summed E-state index contributed by atoms with van der Waals surface area (Å²) in [7, 11) is 0. The second-order valence-corrected chi connectivity index (χ2v) is 9.57. The van der Waals surface area contributed by atoms with Gasteiger partial charge in [-0.05, 0) is 61.5 Å². The maximum atomic E-state index is 13.7. The standard InChI is InChI=1S/C28H26ClN5O5/c1-2-39-28(36)19-3-7-22(8-4-19)33-26(30-25-12-11-23(34(37)38)17-24(25)27(33)35)18-31-13-15-32(16-14-31)21-9-5-20(29)6-10-21/h3-12,17H,2,13-16,18H2,1H3. The Labute approximate surface area is 229 Å². The molecule has 1 saturated heterocycles. The largest absolute Gasteiger partial charge is 0.462 e. The molecule has 0 radical (unpaired) electrons. The van der Waals surface area contributed by atoms with Crippen molar-refractivity contribution in [3.63, 3.8) is 0 Å². The van der Waals surface area contributed by atoms with Gasteiger partial charge in [0.05, 0.1) is 40.2 Å². The number of piperazine rings is 1. The minimum Gasteiger partial charge on any atom is -0.462 e. The van der Waals surface area contributed by atoms with E-state index in [9.17, 15) is 19.7 Å². The third-order valence-electron chi connectivity index (χ3n) is 6.70. The van der Waals surface area contributed by atoms with Crippen molar-refractivity contribution in [3.05, 3.63) is 104 Å². The van der Waals surface area contributed by atoms with Gasteiger partial charge >= 0.3 is 5.97 Å². The fourth-order valence-corrected chi connectivity index (χ4v) is 4.81. The lowest BCUT2D eigenvalue weighted by molar-refractivity contribution is -0.384. The maximum Gasteiger partial charge on any atom is 0.338 e. The lowest BCUT2D eigenvalue weighted by atomic mass is 10.1. The van der Waals surface area contributed by atoms with Crippen LogP contribution in [0.25, 0.3) is 16.6 Å². The number of carbonyl (C=O) groups excluding carboxylic acids is 1. The van der Waals surface area contributed by atoms with E-state index >= 15 is 0 Å². The van der Waals surface area contributed by atoms with Crippen LogP contribution in [-0.2, 0) is 11.3 Å². The zero-order valence-electron chi connectivity index (χ0n) is 21.2. The second kappa shape index (κ2) is 11.2. The normalized spacial score (nSPS) is 13.9. The number of nitrogens with zero attached hydrogens (tertiary/aromatic N) is 5. The number of rotatable bonds is 7. The van der Waals surface area contributed by atoms with Crippen molar-refractivity contribution in [1.29, 1.82) is 0 Å². The molecule has 0 spiro atoms. The van der Waals surface area contributed by atoms with Gasteiger partial charge in [0.15, 0.2) is 0 Å². The highest BCUT2D eigenvalue weighted by Gasteiger charge is 2.22. The van der Waals surface area contributed by atoms with E-state index in [1.54, 1.807) is 31.2 Å². The minimum atomic E-state index is -0.536. The van der Waals surface area contributed by atoms with E-state index in [0.717, 1.165) is 31.9 Å². The molecule has 0 unspecified atom stereocenters. The number of anilines is 1. The van der Waals surface area contributed by atoms with Crippen LogP contribution < -0.4 is 10.5 Å². The molecular weight excluding hydrogens is 522 g/mol. The summed E-state index contributed by atoms with van der Waals surface area (Å²) in [6.45, 7) is 5.46. The summed E-state index contributed by atoms with van der Waals surface area (Å²) in [5, 5.41) is 12.2. The fraction of sp³-hybridized carbons (Fsp3) is 0.250. The maximum absolute atomic E-state index is 13.7. The molecule has 10 nitrogen and oxygen atoms in total. The average molecular weight is 548 g/mol. The summed E-state index contributed by atoms with van der Waals surface area (Å²) in [6.07, 6.45) is 0. The number of nitro benzene ring substituents is 1. The quantitative estimate of drug-likeness (QED) is 0.190. The summed E-state index contributed by atoms with van der Waals surface area (Å²) < 4.78 is 6.53. The number of halogens is 1. The molecule has 11 heteroatoms. The predicted molar refractivity (Wildman–Crippen MR) is 149 cm³/mol. The van der Waals surface area contributed by atoms with Gasteiger partial charge in [0.25, 0.3) is 11.2 Å². The van der Waals surface area contributed by atoms with Crippen LogP contribution in [0.4, 0.5) is 11.4 Å². The lowest BCUT2D eigenvalue weighted by Gasteiger charge is -2.36. The highest BCUT2D eigenvalue weighted by molar-refractivity contribution is 6.30. The molecule has 1 aliphatic heterocycles. The molecule has 0 atom stereocenters. The summed E-state index contributed by atoms with van der Waals surface area (Å²) in [4.78, 5) is 45.9. The summed E-state index contributed by atoms with van der Waals surface area (Å²) in [5.41, 5.74) is 1.75. The molecule has 39 heavy (non-hydrogen) atoms. The number of hydrogen-bond acceptors (Lipinski definition) is 8. The zero-order chi connectivity index (χ0) is 27.5. The molecule has 0 bridgehead atoms. The highest BCUT2D eigenvalue weighted by atomic mass is 35.5. The van der Waals surface area contributed by atoms with E-state index in [2.05, 4.69) is 9.80 Å². The minimum absolute atomic E-state index is 0.148. The van der Waals surface area contributed by atoms with Crippen LogP contribution in [0.1, 0.15) is 23.1 Å². The predicted octanol–water partition coefficient (Wildman–Crippen LogP) is 4.45. The number of nitro groups is 1. The van der Waals surface area contributed by atoms with E-state index in [1.807, 2.05) is 24.3 Å². The number of non-ortho nitro benzene ring substituents is 1. The van der Waals surface area contributed by atoms with Crippen LogP contribution in [-0.4, -0.2) is 58.1 Å². The van der Waals surface area contributed by atoms with Crippen molar-refractivity contribution in [2.45, 2.75) is 13.5 Å². The third-order valence-corrected chi connectivity index (χ3v) is 6.95. The second-order valence-electron chi connectivity index (χ2n) is 9.13. The Kier molecular flexibility index (Phi) is 7.58. The summed E-state index contributed by atoms with van der Waals surface area (Å²) in [6, 6.07) is 18.3. The van der Waals surface area contributed by atoms with E-state index in [-0.39, 0.29) is 17.7 Å². The topological polar surface area (TPSA) is 111 Å². The van der Waals surface area contributed by atoms with Gasteiger partial charge in [-0.1, -0.05) is 11.6 Å². The van der Waals surface area contributed by atoms with Gasteiger partial charge in [0.2, 0.25) is 0 Å². The van der Waals surface area contributed by atoms with Crippen molar-refractivity contribution in [2.75, 3.05) is 37.7 Å². The Morgan fingerprint density at radius 3 is 2.31 bits per heavy atom. The van der Waals surface area contributed by atoms with Gasteiger partial charge < -0.3 is 9.64 Å². The van der Waals surface area contributed by atoms with Gasteiger partial charge in [-0.2, -0.15) is 0 Å². The smallest absolute Gasteiger partial charge is 0.338 e. The zero-order valence-corrected chi connectivity index (χ0v) is 22.0. The van der Waals surface area contributed by atoms with Crippen LogP contribution in [0.2, 0.25) is 5.02 Å². The SMILES string of the molecule is CCOC(=O)c1ccc(-n2c(CN3CCN(c4ccc(Cl)cc4)CC3)nc3ccc([N+](=O)[O-])cc3c2=O)cc1. The van der Waals surface area contributed by atoms with E-state index < -0.39 is 16.5 Å². The van der Waals surface area contributed by atoms with E-state index in [4.69, 9.17) is 21.3 Å². The Morgan fingerprint density at radius 1 is 1.00 bits per heavy atom. The number of esters is 1. The molecule has 1 aromatic heterocycles. The van der Waals surface area contributed by atoms with Gasteiger partial charge in [-0.3, -0.25) is 24.4 Å². The van der Waals surface area contributed by atoms with Crippen LogP contribution in [0, 0.1) is 10.1 Å². The van der Waals surface area contributed by atoms with Crippen LogP contribution in [0.15, 0.2) is 71.5 Å². The Hall–Kier alpha value is -4.28. The number of carbonyl (C=O) groups is 1. The van der Waals surface area contributed by atoms with E-state index in [0.29, 0.717) is 34.2 Å². The average Bonchev–Trinajstić information content (AvgIpc) is 2.94. The molecule has 0 aliphatic carbocycles. The first-order valence-electron chi connectivity index (χ1n) is 12.5. The highest BCUT2D eigenvalue weighted by Crippen LogP contribution is 2.22. The van der Waals surface area contributed by atoms with Crippen molar-refractivity contribution < 1.29 is 14.5 Å². The first-order valence-corrected chi connectivity index (χ1v) is 12.9. The number of ether oxygens (including phenoxy) is 1. The molecule has 1 aliphatic rings. The number of benzene rings is 3. The first-order chi connectivity index (χ1) is 18.8. The van der Waals surface area contributed by atoms with Crippen molar-refractivity contribution in [2.24, 2.45) is 0 Å². The van der Waals surface area contributed by atoms with Crippen LogP contribution in [0.5, 0.6) is 0 Å². The van der Waals surface area contributed by atoms with Gasteiger partial charge in [-0.25, -0.2) is 9.78 Å². The molecule has 5 rings (SSSR count). The van der Waals surface area contributed by atoms with Gasteiger partial charge in [-0.15, -0.1) is 0 Å². The Bertz CT molecular complexity index is 1580. The van der Waals surface area contributed by atoms with Gasteiger partial charge in [0, 0.05) is 49.0 Å². The number of hydrogen-bond donors (Lipinski definition) is 0. The Balaban J connectivity index is 1.48. The molecule has 2 heterocycles. The molecule has 0 saturated carbocycles. The first kappa shape index (κ1) is 26.3. The summed E-state index contributed by atoms with van der Waals surface area (Å²) in [5.74, 6) is 0.0487. The number of fused-ring (bicyclic) bond motifs is 1. The molecule has 4 aromatic rings. The van der Waals surface area contributed by atoms with Crippen molar-refractivity contribution in [3.8, 4) is 5.69 Å². The lowest BCUT2D eigenvalue weighted by Crippen LogP contribution is -2.46. The molecule has 0 N–H and O–H groups in total. The van der Waals surface area contributed by atoms with Crippen LogP contribution in [0.3, 0.4) is 0 Å². The van der Waals surface area contributed by atoms with Crippen molar-refractivity contribution in [1.82, 2.24) is 14.5 Å². The number of aromatic nitrogens is 2. The Morgan fingerprint density at radius 2 is 1.67 bits per heavy atom. The monoisotopic (exact) mass is 547 g/mol. The van der Waals surface area contributed by atoms with Gasteiger partial charge in [0.1, 0.15) is 5.82 Å². The summed E-state index contributed by atoms with van der Waals surface area (Å²) >= 11 is 6.03. The molecule has 1 fully saturated rings. The molecule has 0 amide bonds. The molecule has 200 valence electrons. The molecule has 3 aromatic carbocycles. The third kappa shape index (κ3) is 5.62. The molecular formula is C28H26ClN5O5. The fourth-order valence-electron chi connectivity index (χ4n) is 4.68. The van der Waals surface area contributed by atoms with Crippen molar-refractivity contribution >= 4 is 39.8 Å².